The summed E-state index contributed by atoms with van der Waals surface area (Å²) in [7, 11) is 0. The van der Waals surface area contributed by atoms with Crippen LogP contribution in [0.25, 0.3) is 0 Å². The van der Waals surface area contributed by atoms with E-state index in [1.54, 1.807) is 6.07 Å². The summed E-state index contributed by atoms with van der Waals surface area (Å²) < 4.78 is 0. The number of amides is 1. The van der Waals surface area contributed by atoms with Gasteiger partial charge in [-0.25, -0.2) is 0 Å². The first-order chi connectivity index (χ1) is 9.95. The van der Waals surface area contributed by atoms with Crippen LogP contribution in [-0.2, 0) is 0 Å². The van der Waals surface area contributed by atoms with Crippen LogP contribution in [0, 0.1) is 20.8 Å². The van der Waals surface area contributed by atoms with Crippen LogP contribution in [0.2, 0.25) is 0 Å². The molecular weight excluding hydrogens is 280 g/mol. The van der Waals surface area contributed by atoms with Crippen LogP contribution >= 0.6 is 12.2 Å². The SMILES string of the molecule is Cc1cccc(NC(=S)NC(=O)c2ccc(C)c(C)c2)c1. The molecule has 2 rings (SSSR count). The average molecular weight is 298 g/mol. The predicted octanol–water partition coefficient (Wildman–Crippen LogP) is 3.74. The van der Waals surface area contributed by atoms with E-state index in [1.807, 2.05) is 57.2 Å². The number of rotatable bonds is 2. The highest BCUT2D eigenvalue weighted by atomic mass is 32.1. The third-order valence-electron chi connectivity index (χ3n) is 3.27. The monoisotopic (exact) mass is 298 g/mol. The van der Waals surface area contributed by atoms with Crippen molar-refractivity contribution in [3.63, 3.8) is 0 Å². The first-order valence-corrected chi connectivity index (χ1v) is 7.13. The minimum atomic E-state index is -0.205. The number of carbonyl (C=O) groups excluding carboxylic acids is 1. The average Bonchev–Trinajstić information content (AvgIpc) is 2.41. The molecule has 0 spiro atoms. The van der Waals surface area contributed by atoms with Gasteiger partial charge in [0.25, 0.3) is 5.91 Å². The predicted molar refractivity (Wildman–Crippen MR) is 90.8 cm³/mol. The lowest BCUT2D eigenvalue weighted by Gasteiger charge is -2.11. The molecule has 108 valence electrons. The molecule has 0 aliphatic rings. The Bertz CT molecular complexity index is 695. The number of nitrogens with one attached hydrogen (secondary N) is 2. The van der Waals surface area contributed by atoms with E-state index in [0.29, 0.717) is 10.7 Å². The fraction of sp³-hybridized carbons (Fsp3) is 0.176. The molecule has 0 heterocycles. The Hall–Kier alpha value is -2.20. The molecule has 21 heavy (non-hydrogen) atoms. The van der Waals surface area contributed by atoms with Crippen molar-refractivity contribution in [1.82, 2.24) is 5.32 Å². The molecule has 0 radical (unpaired) electrons. The maximum Gasteiger partial charge on any atom is 0.257 e. The molecule has 0 bridgehead atoms. The molecule has 0 aliphatic heterocycles. The van der Waals surface area contributed by atoms with Crippen molar-refractivity contribution in [1.29, 1.82) is 0 Å². The lowest BCUT2D eigenvalue weighted by Crippen LogP contribution is -2.34. The van der Waals surface area contributed by atoms with Crippen LogP contribution in [0.4, 0.5) is 5.69 Å². The quantitative estimate of drug-likeness (QED) is 0.830. The van der Waals surface area contributed by atoms with Gasteiger partial charge in [-0.2, -0.15) is 0 Å². The topological polar surface area (TPSA) is 41.1 Å². The van der Waals surface area contributed by atoms with Gasteiger partial charge in [0.15, 0.2) is 5.11 Å². The third-order valence-corrected chi connectivity index (χ3v) is 3.48. The number of anilines is 1. The molecule has 0 aromatic heterocycles. The lowest BCUT2D eigenvalue weighted by atomic mass is 10.1. The molecule has 1 amide bonds. The van der Waals surface area contributed by atoms with Crippen LogP contribution in [0.1, 0.15) is 27.0 Å². The van der Waals surface area contributed by atoms with E-state index in [1.165, 1.54) is 0 Å². The van der Waals surface area contributed by atoms with Crippen molar-refractivity contribution in [2.45, 2.75) is 20.8 Å². The Labute approximate surface area is 130 Å². The van der Waals surface area contributed by atoms with Gasteiger partial charge in [0.1, 0.15) is 0 Å². The second kappa shape index (κ2) is 6.50. The fourth-order valence-corrected chi connectivity index (χ4v) is 2.15. The van der Waals surface area contributed by atoms with Gasteiger partial charge in [0.05, 0.1) is 0 Å². The number of hydrogen-bond donors (Lipinski definition) is 2. The van der Waals surface area contributed by atoms with Gasteiger partial charge in [-0.1, -0.05) is 18.2 Å². The summed E-state index contributed by atoms with van der Waals surface area (Å²) in [5.41, 5.74) is 4.84. The molecule has 0 atom stereocenters. The molecule has 0 saturated heterocycles. The van der Waals surface area contributed by atoms with Crippen LogP contribution in [0.15, 0.2) is 42.5 Å². The van der Waals surface area contributed by atoms with Crippen molar-refractivity contribution in [2.24, 2.45) is 0 Å². The Morgan fingerprint density at radius 3 is 2.43 bits per heavy atom. The van der Waals surface area contributed by atoms with Gasteiger partial charge >= 0.3 is 0 Å². The van der Waals surface area contributed by atoms with E-state index < -0.39 is 0 Å². The molecule has 0 fully saturated rings. The summed E-state index contributed by atoms with van der Waals surface area (Å²) in [6, 6.07) is 13.4. The Morgan fingerprint density at radius 1 is 1.00 bits per heavy atom. The first kappa shape index (κ1) is 15.2. The molecule has 4 heteroatoms. The molecule has 0 unspecified atom stereocenters. The molecular formula is C17H18N2OS. The number of benzene rings is 2. The van der Waals surface area contributed by atoms with Gasteiger partial charge in [-0.3, -0.25) is 10.1 Å². The fourth-order valence-electron chi connectivity index (χ4n) is 1.94. The lowest BCUT2D eigenvalue weighted by molar-refractivity contribution is 0.0977. The van der Waals surface area contributed by atoms with E-state index in [0.717, 1.165) is 22.4 Å². The summed E-state index contributed by atoms with van der Waals surface area (Å²) in [4.78, 5) is 12.1. The van der Waals surface area contributed by atoms with Crippen molar-refractivity contribution < 1.29 is 4.79 Å². The van der Waals surface area contributed by atoms with Gasteiger partial charge < -0.3 is 5.32 Å². The molecule has 2 N–H and O–H groups in total. The van der Waals surface area contributed by atoms with Crippen molar-refractivity contribution in [3.05, 3.63) is 64.7 Å². The van der Waals surface area contributed by atoms with Crippen LogP contribution in [0.3, 0.4) is 0 Å². The normalized spacial score (nSPS) is 10.0. The number of aryl methyl sites for hydroxylation is 3. The van der Waals surface area contributed by atoms with Crippen LogP contribution in [-0.4, -0.2) is 11.0 Å². The van der Waals surface area contributed by atoms with Gasteiger partial charge in [0, 0.05) is 11.3 Å². The van der Waals surface area contributed by atoms with E-state index in [-0.39, 0.29) is 5.91 Å². The summed E-state index contributed by atoms with van der Waals surface area (Å²) in [5, 5.41) is 6.00. The number of carbonyl (C=O) groups is 1. The summed E-state index contributed by atoms with van der Waals surface area (Å²) in [6.07, 6.45) is 0. The van der Waals surface area contributed by atoms with E-state index in [4.69, 9.17) is 12.2 Å². The molecule has 0 aliphatic carbocycles. The highest BCUT2D eigenvalue weighted by Crippen LogP contribution is 2.11. The van der Waals surface area contributed by atoms with E-state index in [9.17, 15) is 4.79 Å². The van der Waals surface area contributed by atoms with E-state index >= 15 is 0 Å². The highest BCUT2D eigenvalue weighted by molar-refractivity contribution is 7.80. The Kier molecular flexibility index (Phi) is 4.70. The largest absolute Gasteiger partial charge is 0.332 e. The summed E-state index contributed by atoms with van der Waals surface area (Å²) in [6.45, 7) is 6.00. The van der Waals surface area contributed by atoms with Crippen molar-refractivity contribution in [2.75, 3.05) is 5.32 Å². The number of thiocarbonyl (C=S) groups is 1. The van der Waals surface area contributed by atoms with Crippen molar-refractivity contribution >= 4 is 28.9 Å². The Morgan fingerprint density at radius 2 is 1.76 bits per heavy atom. The summed E-state index contributed by atoms with van der Waals surface area (Å²) in [5.74, 6) is -0.205. The zero-order chi connectivity index (χ0) is 15.4. The Balaban J connectivity index is 2.02. The molecule has 0 saturated carbocycles. The second-order valence-electron chi connectivity index (χ2n) is 5.08. The maximum atomic E-state index is 12.1. The number of hydrogen-bond acceptors (Lipinski definition) is 2. The van der Waals surface area contributed by atoms with Gasteiger partial charge in [-0.15, -0.1) is 0 Å². The molecule has 2 aromatic carbocycles. The zero-order valence-corrected chi connectivity index (χ0v) is 13.2. The van der Waals surface area contributed by atoms with Gasteiger partial charge in [-0.05, 0) is 73.9 Å². The zero-order valence-electron chi connectivity index (χ0n) is 12.4. The third kappa shape index (κ3) is 4.13. The van der Waals surface area contributed by atoms with Crippen LogP contribution < -0.4 is 10.6 Å². The smallest absolute Gasteiger partial charge is 0.257 e. The highest BCUT2D eigenvalue weighted by Gasteiger charge is 2.08. The second-order valence-corrected chi connectivity index (χ2v) is 5.49. The minimum Gasteiger partial charge on any atom is -0.332 e. The maximum absolute atomic E-state index is 12.1. The van der Waals surface area contributed by atoms with E-state index in [2.05, 4.69) is 10.6 Å². The minimum absolute atomic E-state index is 0.205. The van der Waals surface area contributed by atoms with Crippen LogP contribution in [0.5, 0.6) is 0 Å². The standard InChI is InChI=1S/C17H18N2OS/c1-11-5-4-6-15(9-11)18-17(21)19-16(20)14-8-7-12(2)13(3)10-14/h4-10H,1-3H3,(H2,18,19,20,21). The molecule has 3 nitrogen and oxygen atoms in total. The van der Waals surface area contributed by atoms with Gasteiger partial charge in [0.2, 0.25) is 0 Å². The molecule has 2 aromatic rings. The summed E-state index contributed by atoms with van der Waals surface area (Å²) >= 11 is 5.17. The van der Waals surface area contributed by atoms with Crippen molar-refractivity contribution in [3.8, 4) is 0 Å². The first-order valence-electron chi connectivity index (χ1n) is 6.72.